The summed E-state index contributed by atoms with van der Waals surface area (Å²) >= 11 is 0. The number of imide groups is 1. The second kappa shape index (κ2) is 8.21. The molecule has 4 amide bonds. The van der Waals surface area contributed by atoms with Crippen LogP contribution in [-0.2, 0) is 14.3 Å². The Hall–Kier alpha value is -2.22. The van der Waals surface area contributed by atoms with Gasteiger partial charge in [0.15, 0.2) is 6.23 Å². The number of aliphatic hydroxyl groups excluding tert-OH is 3. The number of rotatable bonds is 5. The average Bonchev–Trinajstić information content (AvgIpc) is 2.87. The molecular formula is C14H18F3N3O7. The Morgan fingerprint density at radius 2 is 2.00 bits per heavy atom. The molecule has 0 bridgehead atoms. The predicted molar refractivity (Wildman–Crippen MR) is 79.7 cm³/mol. The SMILES string of the molecule is O=C1NC(=O)N([C@@H]2O[C@H](CO)[C@@H](O)[C@H]2O)CC1/C=C/CNC(=O)C(F)(F)F. The fraction of sp³-hybridized carbons (Fsp3) is 0.643. The molecule has 5 atom stereocenters. The largest absolute Gasteiger partial charge is 0.471 e. The van der Waals surface area contributed by atoms with Crippen LogP contribution in [0.25, 0.3) is 0 Å². The molecule has 2 saturated heterocycles. The van der Waals surface area contributed by atoms with Crippen LogP contribution in [0.4, 0.5) is 18.0 Å². The summed E-state index contributed by atoms with van der Waals surface area (Å²) < 4.78 is 41.4. The third-order valence-corrected chi connectivity index (χ3v) is 4.05. The summed E-state index contributed by atoms with van der Waals surface area (Å²) in [6.07, 6.45) is -8.16. The van der Waals surface area contributed by atoms with Crippen molar-refractivity contribution in [2.75, 3.05) is 19.7 Å². The van der Waals surface area contributed by atoms with Gasteiger partial charge in [0.05, 0.1) is 12.5 Å². The molecule has 0 aliphatic carbocycles. The quantitative estimate of drug-likeness (QED) is 0.332. The summed E-state index contributed by atoms with van der Waals surface area (Å²) in [6, 6.07) is -0.898. The second-order valence-electron chi connectivity index (χ2n) is 5.92. The number of halogens is 3. The topological polar surface area (TPSA) is 148 Å². The first-order valence-electron chi connectivity index (χ1n) is 7.82. The molecule has 2 fully saturated rings. The van der Waals surface area contributed by atoms with Crippen molar-refractivity contribution in [3.63, 3.8) is 0 Å². The molecule has 0 aromatic heterocycles. The number of carbonyl (C=O) groups excluding carboxylic acids is 3. The lowest BCUT2D eigenvalue weighted by atomic mass is 10.0. The van der Waals surface area contributed by atoms with E-state index in [2.05, 4.69) is 0 Å². The maximum Gasteiger partial charge on any atom is 0.471 e. The first-order chi connectivity index (χ1) is 12.6. The van der Waals surface area contributed by atoms with Gasteiger partial charge in [-0.2, -0.15) is 13.2 Å². The highest BCUT2D eigenvalue weighted by molar-refractivity contribution is 5.98. The Morgan fingerprint density at radius 3 is 2.56 bits per heavy atom. The van der Waals surface area contributed by atoms with E-state index < -0.39 is 67.6 Å². The monoisotopic (exact) mass is 397 g/mol. The van der Waals surface area contributed by atoms with Gasteiger partial charge in [-0.3, -0.25) is 19.8 Å². The summed E-state index contributed by atoms with van der Waals surface area (Å²) in [4.78, 5) is 35.4. The summed E-state index contributed by atoms with van der Waals surface area (Å²) in [5.74, 6) is -3.86. The van der Waals surface area contributed by atoms with Crippen molar-refractivity contribution in [1.82, 2.24) is 15.5 Å². The van der Waals surface area contributed by atoms with Crippen LogP contribution < -0.4 is 10.6 Å². The van der Waals surface area contributed by atoms with Gasteiger partial charge in [0.25, 0.3) is 0 Å². The van der Waals surface area contributed by atoms with E-state index in [-0.39, 0.29) is 6.54 Å². The van der Waals surface area contributed by atoms with Gasteiger partial charge in [-0.05, 0) is 0 Å². The maximum absolute atomic E-state index is 12.1. The van der Waals surface area contributed by atoms with E-state index in [1.807, 2.05) is 5.32 Å². The number of nitrogens with one attached hydrogen (secondary N) is 2. The van der Waals surface area contributed by atoms with Crippen molar-refractivity contribution in [2.24, 2.45) is 5.92 Å². The van der Waals surface area contributed by atoms with E-state index in [4.69, 9.17) is 9.84 Å². The Balaban J connectivity index is 1.99. The number of amides is 4. The number of urea groups is 1. The number of carbonyl (C=O) groups is 3. The molecular weight excluding hydrogens is 379 g/mol. The third-order valence-electron chi connectivity index (χ3n) is 4.05. The van der Waals surface area contributed by atoms with Crippen LogP contribution in [0.3, 0.4) is 0 Å². The Labute approximate surface area is 150 Å². The minimum absolute atomic E-state index is 0.291. The van der Waals surface area contributed by atoms with Crippen LogP contribution in [0.5, 0.6) is 0 Å². The van der Waals surface area contributed by atoms with Crippen molar-refractivity contribution in [3.05, 3.63) is 12.2 Å². The Kier molecular flexibility index (Phi) is 6.41. The number of nitrogens with zero attached hydrogens (tertiary/aromatic N) is 1. The van der Waals surface area contributed by atoms with Gasteiger partial charge < -0.3 is 25.4 Å². The lowest BCUT2D eigenvalue weighted by Gasteiger charge is -2.35. The fourth-order valence-electron chi connectivity index (χ4n) is 2.64. The van der Waals surface area contributed by atoms with Crippen LogP contribution in [0, 0.1) is 5.92 Å². The lowest BCUT2D eigenvalue weighted by molar-refractivity contribution is -0.173. The van der Waals surface area contributed by atoms with Crippen LogP contribution in [-0.4, -0.2) is 88.5 Å². The van der Waals surface area contributed by atoms with Gasteiger partial charge in [-0.25, -0.2) is 4.79 Å². The number of ether oxygens (including phenoxy) is 1. The molecule has 2 aliphatic rings. The van der Waals surface area contributed by atoms with E-state index in [1.54, 1.807) is 5.32 Å². The summed E-state index contributed by atoms with van der Waals surface area (Å²) in [5.41, 5.74) is 0. The highest BCUT2D eigenvalue weighted by atomic mass is 19.4. The third kappa shape index (κ3) is 4.74. The highest BCUT2D eigenvalue weighted by Crippen LogP contribution is 2.26. The molecule has 5 N–H and O–H groups in total. The number of hydrogen-bond acceptors (Lipinski definition) is 7. The number of alkyl halides is 3. The van der Waals surface area contributed by atoms with Crippen molar-refractivity contribution < 1.29 is 47.6 Å². The van der Waals surface area contributed by atoms with Crippen LogP contribution >= 0.6 is 0 Å². The van der Waals surface area contributed by atoms with Crippen molar-refractivity contribution >= 4 is 17.8 Å². The summed E-state index contributed by atoms with van der Waals surface area (Å²) in [7, 11) is 0. The van der Waals surface area contributed by atoms with Crippen molar-refractivity contribution in [3.8, 4) is 0 Å². The van der Waals surface area contributed by atoms with Crippen molar-refractivity contribution in [1.29, 1.82) is 0 Å². The average molecular weight is 397 g/mol. The molecule has 0 radical (unpaired) electrons. The van der Waals surface area contributed by atoms with E-state index in [0.717, 1.165) is 11.0 Å². The summed E-state index contributed by atoms with van der Waals surface area (Å²) in [6.45, 7) is -1.39. The maximum atomic E-state index is 12.1. The molecule has 2 heterocycles. The van der Waals surface area contributed by atoms with Gasteiger partial charge in [-0.1, -0.05) is 12.2 Å². The summed E-state index contributed by atoms with van der Waals surface area (Å²) in [5, 5.41) is 32.4. The van der Waals surface area contributed by atoms with E-state index >= 15 is 0 Å². The standard InChI is InChI=1S/C14H18F3N3O7/c15-14(16,17)12(25)18-3-1-2-6-4-20(13(26)19-10(6)24)11-9(23)8(22)7(5-21)27-11/h1-2,6-9,11,21-23H,3-5H2,(H,18,25)(H,19,24,26)/b2-1+/t6?,7-,8-,9-,11-/m1/s1. The first kappa shape index (κ1) is 21.1. The molecule has 0 aromatic rings. The molecule has 1 unspecified atom stereocenters. The van der Waals surface area contributed by atoms with Crippen LogP contribution in [0.15, 0.2) is 12.2 Å². The molecule has 27 heavy (non-hydrogen) atoms. The second-order valence-corrected chi connectivity index (χ2v) is 5.92. The molecule has 13 heteroatoms. The zero-order chi connectivity index (χ0) is 20.4. The van der Waals surface area contributed by atoms with Crippen LogP contribution in [0.2, 0.25) is 0 Å². The fourth-order valence-corrected chi connectivity index (χ4v) is 2.64. The smallest absolute Gasteiger partial charge is 0.394 e. The minimum atomic E-state index is -5.03. The van der Waals surface area contributed by atoms with Gasteiger partial charge in [0.2, 0.25) is 5.91 Å². The minimum Gasteiger partial charge on any atom is -0.394 e. The number of hydrogen-bond donors (Lipinski definition) is 5. The highest BCUT2D eigenvalue weighted by Gasteiger charge is 2.48. The molecule has 10 nitrogen and oxygen atoms in total. The van der Waals surface area contributed by atoms with Gasteiger partial charge in [0, 0.05) is 13.1 Å². The van der Waals surface area contributed by atoms with E-state index in [9.17, 15) is 37.8 Å². The Bertz CT molecular complexity index is 628. The zero-order valence-corrected chi connectivity index (χ0v) is 13.7. The van der Waals surface area contributed by atoms with Gasteiger partial charge in [-0.15, -0.1) is 0 Å². The first-order valence-corrected chi connectivity index (χ1v) is 7.82. The molecule has 0 saturated carbocycles. The Morgan fingerprint density at radius 1 is 1.33 bits per heavy atom. The lowest BCUT2D eigenvalue weighted by Crippen LogP contribution is -2.59. The molecule has 0 aromatic carbocycles. The van der Waals surface area contributed by atoms with Gasteiger partial charge >= 0.3 is 18.1 Å². The van der Waals surface area contributed by atoms with E-state index in [0.29, 0.717) is 0 Å². The van der Waals surface area contributed by atoms with Gasteiger partial charge in [0.1, 0.15) is 18.3 Å². The van der Waals surface area contributed by atoms with Crippen LogP contribution in [0.1, 0.15) is 0 Å². The number of aliphatic hydroxyl groups is 3. The zero-order valence-electron chi connectivity index (χ0n) is 13.7. The molecule has 2 rings (SSSR count). The van der Waals surface area contributed by atoms with E-state index in [1.165, 1.54) is 6.08 Å². The normalized spacial score (nSPS) is 32.1. The predicted octanol–water partition coefficient (Wildman–Crippen LogP) is -2.17. The molecule has 2 aliphatic heterocycles. The van der Waals surface area contributed by atoms with Crippen molar-refractivity contribution in [2.45, 2.75) is 30.7 Å². The molecule has 0 spiro atoms. The molecule has 152 valence electrons.